The first-order valence-electron chi connectivity index (χ1n) is 9.59. The zero-order chi connectivity index (χ0) is 20.9. The number of aromatic nitrogens is 1. The molecule has 0 spiro atoms. The summed E-state index contributed by atoms with van der Waals surface area (Å²) in [4.78, 5) is 30.9. The summed E-state index contributed by atoms with van der Waals surface area (Å²) in [6.45, 7) is 0.591. The molecule has 1 aliphatic rings. The van der Waals surface area contributed by atoms with Crippen LogP contribution in [0.5, 0.6) is 5.75 Å². The number of halogens is 1. The average Bonchev–Trinajstić information content (AvgIpc) is 3.37. The van der Waals surface area contributed by atoms with Crippen LogP contribution in [-0.2, 0) is 16.0 Å². The van der Waals surface area contributed by atoms with E-state index in [4.69, 9.17) is 4.74 Å². The van der Waals surface area contributed by atoms with Gasteiger partial charge in [-0.1, -0.05) is 12.1 Å². The lowest BCUT2D eigenvalue weighted by Crippen LogP contribution is -2.23. The topological polar surface area (TPSA) is 71.5 Å². The molecule has 30 heavy (non-hydrogen) atoms. The highest BCUT2D eigenvalue weighted by Crippen LogP contribution is 2.24. The van der Waals surface area contributed by atoms with Crippen LogP contribution in [0.1, 0.15) is 23.3 Å². The van der Waals surface area contributed by atoms with E-state index in [-0.39, 0.29) is 24.2 Å². The Kier molecular flexibility index (Phi) is 6.04. The van der Waals surface area contributed by atoms with Crippen molar-refractivity contribution in [2.45, 2.75) is 19.3 Å². The summed E-state index contributed by atoms with van der Waals surface area (Å²) >= 11 is 1.37. The van der Waals surface area contributed by atoms with Crippen molar-refractivity contribution in [3.05, 3.63) is 71.0 Å². The van der Waals surface area contributed by atoms with Gasteiger partial charge in [0.1, 0.15) is 11.6 Å². The number of benzene rings is 2. The third-order valence-corrected chi connectivity index (χ3v) is 5.60. The summed E-state index contributed by atoms with van der Waals surface area (Å²) in [6.07, 6.45) is 3.78. The zero-order valence-corrected chi connectivity index (χ0v) is 17.0. The maximum absolute atomic E-state index is 13.0. The summed E-state index contributed by atoms with van der Waals surface area (Å²) in [5, 5.41) is 3.21. The first kappa shape index (κ1) is 20.0. The Morgan fingerprint density at radius 2 is 1.93 bits per heavy atom. The number of carbonyl (C=O) groups excluding carboxylic acids is 2. The fourth-order valence-electron chi connectivity index (χ4n) is 3.20. The second kappa shape index (κ2) is 9.04. The highest BCUT2D eigenvalue weighted by molar-refractivity contribution is 7.15. The third kappa shape index (κ3) is 5.01. The molecule has 2 amide bonds. The van der Waals surface area contributed by atoms with Crippen molar-refractivity contribution >= 4 is 34.0 Å². The number of ether oxygens (including phenoxy) is 1. The molecule has 0 atom stereocenters. The van der Waals surface area contributed by atoms with Crippen LogP contribution in [-0.4, -0.2) is 29.9 Å². The lowest BCUT2D eigenvalue weighted by Gasteiger charge is -2.16. The minimum Gasteiger partial charge on any atom is -0.484 e. The van der Waals surface area contributed by atoms with Crippen molar-refractivity contribution in [2.75, 3.05) is 23.4 Å². The van der Waals surface area contributed by atoms with E-state index >= 15 is 0 Å². The van der Waals surface area contributed by atoms with E-state index in [1.807, 2.05) is 12.1 Å². The highest BCUT2D eigenvalue weighted by atomic mass is 32.1. The highest BCUT2D eigenvalue weighted by Gasteiger charge is 2.21. The first-order chi connectivity index (χ1) is 14.6. The Hall–Kier alpha value is -3.26. The van der Waals surface area contributed by atoms with Gasteiger partial charge in [-0.25, -0.2) is 9.37 Å². The largest absolute Gasteiger partial charge is 0.484 e. The van der Waals surface area contributed by atoms with Crippen molar-refractivity contribution < 1.29 is 18.7 Å². The number of nitrogens with zero attached hydrogens (tertiary/aromatic N) is 2. The van der Waals surface area contributed by atoms with Crippen LogP contribution in [0.3, 0.4) is 0 Å². The fraction of sp³-hybridized carbons (Fsp3) is 0.227. The SMILES string of the molecule is O=C(COc1ccc(N2CCCC2=O)cc1)Nc1ncc(Cc2ccc(F)cc2)s1. The van der Waals surface area contributed by atoms with Gasteiger partial charge in [0.15, 0.2) is 11.7 Å². The molecule has 2 heterocycles. The molecule has 6 nitrogen and oxygen atoms in total. The molecule has 154 valence electrons. The van der Waals surface area contributed by atoms with Crippen LogP contribution < -0.4 is 15.0 Å². The molecule has 4 rings (SSSR count). The van der Waals surface area contributed by atoms with Gasteiger partial charge in [-0.05, 0) is 48.4 Å². The summed E-state index contributed by atoms with van der Waals surface area (Å²) in [7, 11) is 0. The molecule has 0 unspecified atom stereocenters. The number of hydrogen-bond acceptors (Lipinski definition) is 5. The van der Waals surface area contributed by atoms with E-state index in [2.05, 4.69) is 10.3 Å². The van der Waals surface area contributed by atoms with Gasteiger partial charge in [0.05, 0.1) is 0 Å². The van der Waals surface area contributed by atoms with Gasteiger partial charge in [-0.2, -0.15) is 0 Å². The maximum atomic E-state index is 13.0. The van der Waals surface area contributed by atoms with Crippen molar-refractivity contribution in [1.82, 2.24) is 4.98 Å². The van der Waals surface area contributed by atoms with Gasteiger partial charge in [-0.15, -0.1) is 11.3 Å². The van der Waals surface area contributed by atoms with E-state index in [0.29, 0.717) is 23.7 Å². The lowest BCUT2D eigenvalue weighted by atomic mass is 10.1. The van der Waals surface area contributed by atoms with Crippen molar-refractivity contribution in [3.8, 4) is 5.75 Å². The monoisotopic (exact) mass is 425 g/mol. The van der Waals surface area contributed by atoms with Crippen molar-refractivity contribution in [3.63, 3.8) is 0 Å². The first-order valence-corrected chi connectivity index (χ1v) is 10.4. The molecule has 0 radical (unpaired) electrons. The van der Waals surface area contributed by atoms with E-state index in [0.717, 1.165) is 29.1 Å². The number of nitrogens with one attached hydrogen (secondary N) is 1. The van der Waals surface area contributed by atoms with Crippen molar-refractivity contribution in [2.24, 2.45) is 0 Å². The molecule has 8 heteroatoms. The molecular formula is C22H20FN3O3S. The molecule has 0 bridgehead atoms. The number of anilines is 2. The molecular weight excluding hydrogens is 405 g/mol. The van der Waals surface area contributed by atoms with E-state index < -0.39 is 0 Å². The molecule has 3 aromatic rings. The minimum absolute atomic E-state index is 0.130. The van der Waals surface area contributed by atoms with E-state index in [9.17, 15) is 14.0 Å². The fourth-order valence-corrected chi connectivity index (χ4v) is 4.06. The maximum Gasteiger partial charge on any atom is 0.264 e. The number of rotatable bonds is 7. The number of thiazole rings is 1. The molecule has 0 saturated carbocycles. The van der Waals surface area contributed by atoms with Gasteiger partial charge >= 0.3 is 0 Å². The predicted molar refractivity (Wildman–Crippen MR) is 113 cm³/mol. The Morgan fingerprint density at radius 3 is 2.63 bits per heavy atom. The summed E-state index contributed by atoms with van der Waals surface area (Å²) in [5.74, 6) is 0.105. The van der Waals surface area contributed by atoms with Gasteiger partial charge in [0.25, 0.3) is 5.91 Å². The molecule has 0 aliphatic carbocycles. The third-order valence-electron chi connectivity index (χ3n) is 4.68. The van der Waals surface area contributed by atoms with Crippen LogP contribution in [0.25, 0.3) is 0 Å². The van der Waals surface area contributed by atoms with Crippen LogP contribution in [0.15, 0.2) is 54.7 Å². The summed E-state index contributed by atoms with van der Waals surface area (Å²) < 4.78 is 18.5. The second-order valence-electron chi connectivity index (χ2n) is 6.91. The summed E-state index contributed by atoms with van der Waals surface area (Å²) in [6, 6.07) is 13.4. The van der Waals surface area contributed by atoms with Gasteiger partial charge in [-0.3, -0.25) is 14.9 Å². The van der Waals surface area contributed by atoms with Crippen molar-refractivity contribution in [1.29, 1.82) is 0 Å². The Labute approximate surface area is 177 Å². The Balaban J connectivity index is 1.26. The molecule has 1 aromatic heterocycles. The molecule has 1 aliphatic heterocycles. The number of amides is 2. The molecule has 1 N–H and O–H groups in total. The van der Waals surface area contributed by atoms with E-state index in [1.54, 1.807) is 35.4 Å². The zero-order valence-electron chi connectivity index (χ0n) is 16.1. The lowest BCUT2D eigenvalue weighted by molar-refractivity contribution is -0.118. The number of hydrogen-bond donors (Lipinski definition) is 1. The standard InChI is InChI=1S/C22H20FN3O3S/c23-16-5-3-15(4-6-16)12-19-13-24-22(30-19)25-20(27)14-29-18-9-7-17(8-10-18)26-11-1-2-21(26)28/h3-10,13H,1-2,11-12,14H2,(H,24,25,27). The van der Waals surface area contributed by atoms with Gasteiger partial charge in [0.2, 0.25) is 5.91 Å². The van der Waals surface area contributed by atoms with Gasteiger partial charge in [0, 0.05) is 36.1 Å². The quantitative estimate of drug-likeness (QED) is 0.621. The molecule has 2 aromatic carbocycles. The normalized spacial score (nSPS) is 13.5. The smallest absolute Gasteiger partial charge is 0.264 e. The minimum atomic E-state index is -0.309. The Morgan fingerprint density at radius 1 is 1.17 bits per heavy atom. The molecule has 1 saturated heterocycles. The number of carbonyl (C=O) groups is 2. The second-order valence-corrected chi connectivity index (χ2v) is 8.03. The average molecular weight is 425 g/mol. The Bertz CT molecular complexity index is 1030. The summed E-state index contributed by atoms with van der Waals surface area (Å²) in [5.41, 5.74) is 1.81. The van der Waals surface area contributed by atoms with Crippen LogP contribution in [0.2, 0.25) is 0 Å². The van der Waals surface area contributed by atoms with Gasteiger partial charge < -0.3 is 9.64 Å². The predicted octanol–water partition coefficient (Wildman–Crippen LogP) is 4.02. The van der Waals surface area contributed by atoms with Crippen LogP contribution in [0, 0.1) is 5.82 Å². The molecule has 1 fully saturated rings. The van der Waals surface area contributed by atoms with Crippen LogP contribution >= 0.6 is 11.3 Å². The van der Waals surface area contributed by atoms with E-state index in [1.165, 1.54) is 23.5 Å². The van der Waals surface area contributed by atoms with Crippen LogP contribution in [0.4, 0.5) is 15.2 Å².